The predicted octanol–water partition coefficient (Wildman–Crippen LogP) is 2.55. The van der Waals surface area contributed by atoms with Crippen molar-refractivity contribution in [3.05, 3.63) is 46.0 Å². The van der Waals surface area contributed by atoms with Gasteiger partial charge in [0.05, 0.1) is 15.6 Å². The summed E-state index contributed by atoms with van der Waals surface area (Å²) in [4.78, 5) is 9.91. The van der Waals surface area contributed by atoms with E-state index in [0.29, 0.717) is 5.57 Å². The highest BCUT2D eigenvalue weighted by atomic mass is 35.5. The summed E-state index contributed by atoms with van der Waals surface area (Å²) in [6.07, 6.45) is 1.59. The summed E-state index contributed by atoms with van der Waals surface area (Å²) in [6, 6.07) is 5.01. The summed E-state index contributed by atoms with van der Waals surface area (Å²) >= 11 is 5.48. The first-order chi connectivity index (χ1) is 8.36. The van der Waals surface area contributed by atoms with Crippen molar-refractivity contribution in [2.75, 3.05) is 11.6 Å². The third kappa shape index (κ3) is 3.82. The average molecular weight is 290 g/mol. The van der Waals surface area contributed by atoms with Crippen LogP contribution in [0.3, 0.4) is 0 Å². The molecular weight excluding hydrogens is 278 g/mol. The van der Waals surface area contributed by atoms with Crippen LogP contribution < -0.4 is 0 Å². The van der Waals surface area contributed by atoms with Crippen LogP contribution in [0.1, 0.15) is 6.92 Å². The molecule has 5 nitrogen and oxygen atoms in total. The second kappa shape index (κ2) is 5.97. The number of alkyl halides is 1. The molecule has 1 aromatic rings. The van der Waals surface area contributed by atoms with Gasteiger partial charge in [0.15, 0.2) is 9.84 Å². The Balaban J connectivity index is 3.09. The van der Waals surface area contributed by atoms with E-state index in [1.165, 1.54) is 18.2 Å². The van der Waals surface area contributed by atoms with Crippen molar-refractivity contribution < 1.29 is 13.3 Å². The Morgan fingerprint density at radius 1 is 1.50 bits per heavy atom. The number of benzene rings is 1. The smallest absolute Gasteiger partial charge is 0.258 e. The largest absolute Gasteiger partial charge is 0.270 e. The highest BCUT2D eigenvalue weighted by Crippen LogP contribution is 2.19. The summed E-state index contributed by atoms with van der Waals surface area (Å²) in [5.74, 6) is 0.0389. The highest BCUT2D eigenvalue weighted by Gasteiger charge is 2.18. The van der Waals surface area contributed by atoms with Crippen LogP contribution in [0.5, 0.6) is 0 Å². The molecule has 0 aromatic heterocycles. The fourth-order valence-corrected chi connectivity index (χ4v) is 3.10. The Morgan fingerprint density at radius 3 is 2.72 bits per heavy atom. The van der Waals surface area contributed by atoms with E-state index in [0.717, 1.165) is 6.07 Å². The SMILES string of the molecule is C/C(=C\CCl)CS(=O)(=O)c1cccc([N+](=O)[O-])c1. The Labute approximate surface area is 110 Å². The summed E-state index contributed by atoms with van der Waals surface area (Å²) in [5.41, 5.74) is 0.367. The van der Waals surface area contributed by atoms with Gasteiger partial charge in [-0.25, -0.2) is 8.42 Å². The number of halogens is 1. The highest BCUT2D eigenvalue weighted by molar-refractivity contribution is 7.91. The van der Waals surface area contributed by atoms with Crippen molar-refractivity contribution in [2.24, 2.45) is 0 Å². The minimum atomic E-state index is -3.57. The second-order valence-electron chi connectivity index (χ2n) is 3.72. The van der Waals surface area contributed by atoms with Gasteiger partial charge in [-0.3, -0.25) is 10.1 Å². The molecular formula is C11H12ClNO4S. The van der Waals surface area contributed by atoms with Crippen LogP contribution in [0.4, 0.5) is 5.69 Å². The maximum absolute atomic E-state index is 12.0. The number of allylic oxidation sites excluding steroid dienone is 1. The van der Waals surface area contributed by atoms with Crippen LogP contribution in [0.15, 0.2) is 40.8 Å². The lowest BCUT2D eigenvalue weighted by molar-refractivity contribution is -0.385. The van der Waals surface area contributed by atoms with Crippen LogP contribution in [0, 0.1) is 10.1 Å². The molecule has 0 heterocycles. The van der Waals surface area contributed by atoms with Crippen molar-refractivity contribution >= 4 is 27.1 Å². The molecule has 1 aromatic carbocycles. The molecule has 0 saturated heterocycles. The zero-order valence-electron chi connectivity index (χ0n) is 9.67. The zero-order valence-corrected chi connectivity index (χ0v) is 11.2. The number of sulfone groups is 1. The minimum Gasteiger partial charge on any atom is -0.258 e. The zero-order chi connectivity index (χ0) is 13.8. The summed E-state index contributed by atoms with van der Waals surface area (Å²) in [6.45, 7) is 1.65. The van der Waals surface area contributed by atoms with Gasteiger partial charge in [-0.15, -0.1) is 11.6 Å². The van der Waals surface area contributed by atoms with Gasteiger partial charge in [-0.05, 0) is 13.0 Å². The Morgan fingerprint density at radius 2 is 2.17 bits per heavy atom. The minimum absolute atomic E-state index is 0.0565. The van der Waals surface area contributed by atoms with Crippen molar-refractivity contribution in [3.63, 3.8) is 0 Å². The van der Waals surface area contributed by atoms with Gasteiger partial charge in [0.1, 0.15) is 0 Å². The van der Waals surface area contributed by atoms with E-state index in [4.69, 9.17) is 11.6 Å². The molecule has 1 rings (SSSR count). The molecule has 7 heteroatoms. The Hall–Kier alpha value is -1.40. The molecule has 0 radical (unpaired) electrons. The van der Waals surface area contributed by atoms with Gasteiger partial charge < -0.3 is 0 Å². The average Bonchev–Trinajstić information content (AvgIpc) is 2.28. The lowest BCUT2D eigenvalue weighted by Crippen LogP contribution is -2.08. The Kier molecular flexibility index (Phi) is 4.86. The van der Waals surface area contributed by atoms with Gasteiger partial charge >= 0.3 is 0 Å². The molecule has 0 bridgehead atoms. The summed E-state index contributed by atoms with van der Waals surface area (Å²) in [5, 5.41) is 10.6. The van der Waals surface area contributed by atoms with Gasteiger partial charge in [0.2, 0.25) is 0 Å². The quantitative estimate of drug-likeness (QED) is 0.361. The number of hydrogen-bond donors (Lipinski definition) is 0. The molecule has 0 aliphatic carbocycles. The fraction of sp³-hybridized carbons (Fsp3) is 0.273. The number of hydrogen-bond acceptors (Lipinski definition) is 4. The van der Waals surface area contributed by atoms with E-state index in [1.807, 2.05) is 0 Å². The first-order valence-electron chi connectivity index (χ1n) is 5.05. The van der Waals surface area contributed by atoms with E-state index < -0.39 is 14.8 Å². The van der Waals surface area contributed by atoms with Gasteiger partial charge in [-0.1, -0.05) is 17.7 Å². The molecule has 0 aliphatic heterocycles. The molecule has 0 unspecified atom stereocenters. The van der Waals surface area contributed by atoms with Crippen molar-refractivity contribution in [3.8, 4) is 0 Å². The maximum atomic E-state index is 12.0. The van der Waals surface area contributed by atoms with E-state index in [1.54, 1.807) is 13.0 Å². The lowest BCUT2D eigenvalue weighted by atomic mass is 10.3. The number of nitrogens with zero attached hydrogens (tertiary/aromatic N) is 1. The van der Waals surface area contributed by atoms with Gasteiger partial charge in [0, 0.05) is 18.0 Å². The molecule has 0 fully saturated rings. The normalized spacial score (nSPS) is 12.4. The van der Waals surface area contributed by atoms with Crippen LogP contribution in [0.2, 0.25) is 0 Å². The van der Waals surface area contributed by atoms with E-state index in [9.17, 15) is 18.5 Å². The lowest BCUT2D eigenvalue weighted by Gasteiger charge is -2.04. The molecule has 18 heavy (non-hydrogen) atoms. The van der Waals surface area contributed by atoms with Crippen LogP contribution >= 0.6 is 11.6 Å². The molecule has 0 atom stereocenters. The second-order valence-corrected chi connectivity index (χ2v) is 6.02. The maximum Gasteiger partial charge on any atom is 0.270 e. The van der Waals surface area contributed by atoms with Crippen LogP contribution in [0.25, 0.3) is 0 Å². The monoisotopic (exact) mass is 289 g/mol. The number of nitro benzene ring substituents is 1. The van der Waals surface area contributed by atoms with E-state index in [-0.39, 0.29) is 22.2 Å². The summed E-state index contributed by atoms with van der Waals surface area (Å²) in [7, 11) is -3.57. The summed E-state index contributed by atoms with van der Waals surface area (Å²) < 4.78 is 24.0. The third-order valence-corrected chi connectivity index (χ3v) is 4.19. The third-order valence-electron chi connectivity index (χ3n) is 2.23. The fourth-order valence-electron chi connectivity index (χ4n) is 1.36. The first-order valence-corrected chi connectivity index (χ1v) is 7.24. The van der Waals surface area contributed by atoms with Gasteiger partial charge in [-0.2, -0.15) is 0 Å². The number of non-ortho nitro benzene ring substituents is 1. The van der Waals surface area contributed by atoms with Gasteiger partial charge in [0.25, 0.3) is 5.69 Å². The number of rotatable bonds is 5. The van der Waals surface area contributed by atoms with E-state index in [2.05, 4.69) is 0 Å². The number of nitro groups is 1. The van der Waals surface area contributed by atoms with Crippen molar-refractivity contribution in [2.45, 2.75) is 11.8 Å². The van der Waals surface area contributed by atoms with Crippen molar-refractivity contribution in [1.82, 2.24) is 0 Å². The van der Waals surface area contributed by atoms with Crippen LogP contribution in [-0.2, 0) is 9.84 Å². The van der Waals surface area contributed by atoms with Crippen molar-refractivity contribution in [1.29, 1.82) is 0 Å². The van der Waals surface area contributed by atoms with E-state index >= 15 is 0 Å². The predicted molar refractivity (Wildman–Crippen MR) is 69.6 cm³/mol. The standard InChI is InChI=1S/C11H12ClNO4S/c1-9(5-6-12)8-18(16,17)11-4-2-3-10(7-11)13(14)15/h2-5,7H,6,8H2,1H3/b9-5+. The Bertz CT molecular complexity index is 580. The topological polar surface area (TPSA) is 77.3 Å². The molecule has 0 N–H and O–H groups in total. The molecule has 0 saturated carbocycles. The molecule has 0 amide bonds. The molecule has 0 spiro atoms. The van der Waals surface area contributed by atoms with Crippen LogP contribution in [-0.4, -0.2) is 25.0 Å². The molecule has 98 valence electrons. The first kappa shape index (κ1) is 14.7. The molecule has 0 aliphatic rings.